The summed E-state index contributed by atoms with van der Waals surface area (Å²) in [5, 5.41) is 0. The summed E-state index contributed by atoms with van der Waals surface area (Å²) >= 11 is 0. The van der Waals surface area contributed by atoms with Gasteiger partial charge >= 0.3 is 11.5 Å². The number of hydrogen-bond acceptors (Lipinski definition) is 4. The fourth-order valence-electron chi connectivity index (χ4n) is 3.39. The van der Waals surface area contributed by atoms with Gasteiger partial charge in [-0.2, -0.15) is 4.98 Å². The molecule has 0 amide bonds. The standard InChI is InChI=1S/C21H16N4O3/c1-23-18-17(19(26)25(21(23)27)12-14-8-4-2-5-9-14)24-13-16(28-20(24)22-18)15-10-6-3-7-11-15/h2-11,13H,12H2,1H3. The Morgan fingerprint density at radius 2 is 1.64 bits per heavy atom. The number of oxazole rings is 1. The zero-order valence-corrected chi connectivity index (χ0v) is 15.1. The van der Waals surface area contributed by atoms with E-state index >= 15 is 0 Å². The molecule has 0 aliphatic rings. The van der Waals surface area contributed by atoms with Crippen LogP contribution in [0.25, 0.3) is 28.3 Å². The van der Waals surface area contributed by atoms with Crippen molar-refractivity contribution >= 4 is 17.0 Å². The van der Waals surface area contributed by atoms with Crippen LogP contribution in [0.4, 0.5) is 0 Å². The number of aryl methyl sites for hydroxylation is 1. The number of hydrogen-bond donors (Lipinski definition) is 0. The van der Waals surface area contributed by atoms with Crippen LogP contribution in [-0.2, 0) is 13.6 Å². The average Bonchev–Trinajstić information content (AvgIpc) is 3.29. The van der Waals surface area contributed by atoms with Crippen molar-refractivity contribution in [3.8, 4) is 11.3 Å². The van der Waals surface area contributed by atoms with Gasteiger partial charge < -0.3 is 4.42 Å². The third kappa shape index (κ3) is 2.40. The number of fused-ring (bicyclic) bond motifs is 3. The lowest BCUT2D eigenvalue weighted by atomic mass is 10.2. The number of benzene rings is 2. The van der Waals surface area contributed by atoms with E-state index in [1.54, 1.807) is 17.6 Å². The van der Waals surface area contributed by atoms with Gasteiger partial charge in [-0.15, -0.1) is 0 Å². The first-order valence-electron chi connectivity index (χ1n) is 8.84. The van der Waals surface area contributed by atoms with Crippen molar-refractivity contribution in [2.75, 3.05) is 0 Å². The SMILES string of the molecule is Cn1c(=O)n(Cc2ccccc2)c(=O)c2c1nc1oc(-c3ccccc3)cn12. The highest BCUT2D eigenvalue weighted by molar-refractivity contribution is 5.76. The molecule has 5 rings (SSSR count). The summed E-state index contributed by atoms with van der Waals surface area (Å²) in [5.74, 6) is 0.881. The van der Waals surface area contributed by atoms with E-state index < -0.39 is 11.2 Å². The second-order valence-corrected chi connectivity index (χ2v) is 6.62. The summed E-state index contributed by atoms with van der Waals surface area (Å²) in [6, 6.07) is 19.0. The molecule has 3 aromatic heterocycles. The molecule has 138 valence electrons. The summed E-state index contributed by atoms with van der Waals surface area (Å²) in [6.45, 7) is 0.193. The van der Waals surface area contributed by atoms with Gasteiger partial charge in [0.05, 0.1) is 12.7 Å². The molecule has 28 heavy (non-hydrogen) atoms. The first-order valence-corrected chi connectivity index (χ1v) is 8.84. The quantitative estimate of drug-likeness (QED) is 0.488. The van der Waals surface area contributed by atoms with Crippen LogP contribution in [0.1, 0.15) is 5.56 Å². The third-order valence-electron chi connectivity index (χ3n) is 4.83. The molecule has 0 aliphatic carbocycles. The van der Waals surface area contributed by atoms with Crippen LogP contribution in [0.2, 0.25) is 0 Å². The summed E-state index contributed by atoms with van der Waals surface area (Å²) in [5.41, 5.74) is 1.58. The van der Waals surface area contributed by atoms with E-state index in [9.17, 15) is 9.59 Å². The first-order chi connectivity index (χ1) is 13.6. The normalized spacial score (nSPS) is 11.5. The second-order valence-electron chi connectivity index (χ2n) is 6.62. The summed E-state index contributed by atoms with van der Waals surface area (Å²) in [4.78, 5) is 30.3. The summed E-state index contributed by atoms with van der Waals surface area (Å²) in [6.07, 6.45) is 1.73. The number of rotatable bonds is 3. The van der Waals surface area contributed by atoms with Gasteiger partial charge in [-0.1, -0.05) is 60.7 Å². The van der Waals surface area contributed by atoms with Gasteiger partial charge in [0.2, 0.25) is 0 Å². The molecule has 2 aromatic carbocycles. The van der Waals surface area contributed by atoms with Crippen molar-refractivity contribution in [3.05, 3.63) is 93.3 Å². The van der Waals surface area contributed by atoms with Crippen LogP contribution in [0.3, 0.4) is 0 Å². The molecule has 0 fully saturated rings. The summed E-state index contributed by atoms with van der Waals surface area (Å²) in [7, 11) is 1.61. The predicted molar refractivity (Wildman–Crippen MR) is 105 cm³/mol. The lowest BCUT2D eigenvalue weighted by Crippen LogP contribution is -2.39. The zero-order chi connectivity index (χ0) is 19.3. The highest BCUT2D eigenvalue weighted by Crippen LogP contribution is 2.24. The molecule has 7 heteroatoms. The van der Waals surface area contributed by atoms with Crippen LogP contribution < -0.4 is 11.2 Å². The number of imidazole rings is 1. The number of aromatic nitrogens is 4. The lowest BCUT2D eigenvalue weighted by Gasteiger charge is -2.08. The minimum Gasteiger partial charge on any atom is -0.423 e. The van der Waals surface area contributed by atoms with Crippen LogP contribution >= 0.6 is 0 Å². The lowest BCUT2D eigenvalue weighted by molar-refractivity contribution is 0.610. The maximum Gasteiger partial charge on any atom is 0.332 e. The molecule has 5 aromatic rings. The molecule has 0 aliphatic heterocycles. The Labute approximate surface area is 158 Å². The highest BCUT2D eigenvalue weighted by Gasteiger charge is 2.20. The maximum absolute atomic E-state index is 13.2. The van der Waals surface area contributed by atoms with Crippen molar-refractivity contribution in [1.29, 1.82) is 0 Å². The molecule has 0 N–H and O–H groups in total. The third-order valence-corrected chi connectivity index (χ3v) is 4.83. The van der Waals surface area contributed by atoms with Crippen molar-refractivity contribution in [2.45, 2.75) is 6.54 Å². The zero-order valence-electron chi connectivity index (χ0n) is 15.1. The first kappa shape index (κ1) is 16.3. The van der Waals surface area contributed by atoms with E-state index in [4.69, 9.17) is 4.42 Å². The van der Waals surface area contributed by atoms with E-state index in [-0.39, 0.29) is 12.4 Å². The number of nitrogens with zero attached hydrogens (tertiary/aromatic N) is 4. The molecular weight excluding hydrogens is 356 g/mol. The molecule has 0 saturated carbocycles. The van der Waals surface area contributed by atoms with E-state index in [0.29, 0.717) is 16.9 Å². The smallest absolute Gasteiger partial charge is 0.332 e. The van der Waals surface area contributed by atoms with Gasteiger partial charge in [-0.25, -0.2) is 4.79 Å². The molecule has 7 nitrogen and oxygen atoms in total. The Bertz CT molecular complexity index is 1420. The van der Waals surface area contributed by atoms with E-state index in [0.717, 1.165) is 11.1 Å². The monoisotopic (exact) mass is 372 g/mol. The fraction of sp³-hybridized carbons (Fsp3) is 0.0952. The topological polar surface area (TPSA) is 74.4 Å². The second kappa shape index (κ2) is 6.09. The molecule has 0 radical (unpaired) electrons. The van der Waals surface area contributed by atoms with Crippen LogP contribution in [0.5, 0.6) is 0 Å². The fourth-order valence-corrected chi connectivity index (χ4v) is 3.39. The molecule has 0 unspecified atom stereocenters. The van der Waals surface area contributed by atoms with Gasteiger partial charge in [0.15, 0.2) is 16.9 Å². The highest BCUT2D eigenvalue weighted by atomic mass is 16.4. The predicted octanol–water partition coefficient (Wildman–Crippen LogP) is 2.66. The Morgan fingerprint density at radius 3 is 2.36 bits per heavy atom. The molecule has 0 bridgehead atoms. The van der Waals surface area contributed by atoms with E-state index in [1.807, 2.05) is 60.7 Å². The average molecular weight is 372 g/mol. The minimum absolute atomic E-state index is 0.193. The minimum atomic E-state index is -0.412. The van der Waals surface area contributed by atoms with Crippen molar-refractivity contribution in [3.63, 3.8) is 0 Å². The molecule has 0 saturated heterocycles. The molecule has 3 heterocycles. The van der Waals surface area contributed by atoms with Gasteiger partial charge in [-0.3, -0.25) is 18.3 Å². The molecular formula is C21H16N4O3. The van der Waals surface area contributed by atoms with Crippen molar-refractivity contribution in [2.24, 2.45) is 7.05 Å². The van der Waals surface area contributed by atoms with Crippen LogP contribution in [-0.4, -0.2) is 18.5 Å². The molecule has 0 atom stereocenters. The van der Waals surface area contributed by atoms with E-state index in [1.165, 1.54) is 9.13 Å². The van der Waals surface area contributed by atoms with Gasteiger partial charge in [-0.05, 0) is 5.56 Å². The van der Waals surface area contributed by atoms with Gasteiger partial charge in [0.25, 0.3) is 5.56 Å². The van der Waals surface area contributed by atoms with Crippen molar-refractivity contribution < 1.29 is 4.42 Å². The van der Waals surface area contributed by atoms with E-state index in [2.05, 4.69) is 4.98 Å². The van der Waals surface area contributed by atoms with Crippen LogP contribution in [0, 0.1) is 0 Å². The summed E-state index contributed by atoms with van der Waals surface area (Å²) < 4.78 is 10.1. The Hall–Kier alpha value is -3.87. The Kier molecular flexibility index (Phi) is 3.55. The van der Waals surface area contributed by atoms with Crippen molar-refractivity contribution in [1.82, 2.24) is 18.5 Å². The maximum atomic E-state index is 13.2. The Balaban J connectivity index is 1.76. The largest absolute Gasteiger partial charge is 0.423 e. The van der Waals surface area contributed by atoms with Gasteiger partial charge in [0.1, 0.15) is 0 Å². The van der Waals surface area contributed by atoms with Gasteiger partial charge in [0, 0.05) is 12.6 Å². The van der Waals surface area contributed by atoms with Crippen LogP contribution in [0.15, 0.2) is 80.9 Å². The Morgan fingerprint density at radius 1 is 0.964 bits per heavy atom. The molecule has 0 spiro atoms.